The first-order chi connectivity index (χ1) is 9.99. The molecule has 2 N–H and O–H groups in total. The number of carboxylic acid groups (broad SMARTS) is 1. The summed E-state index contributed by atoms with van der Waals surface area (Å²) in [5.74, 6) is -2.08. The Morgan fingerprint density at radius 2 is 2.00 bits per heavy atom. The van der Waals surface area contributed by atoms with Gasteiger partial charge in [-0.2, -0.15) is 5.10 Å². The van der Waals surface area contributed by atoms with Crippen LogP contribution in [0.25, 0.3) is 0 Å². The number of amides is 1. The molecule has 6 nitrogen and oxygen atoms in total. The van der Waals surface area contributed by atoms with Crippen molar-refractivity contribution in [2.75, 3.05) is 6.54 Å². The zero-order chi connectivity index (χ0) is 15.4. The first-order valence-electron chi connectivity index (χ1n) is 6.55. The predicted octanol–water partition coefficient (Wildman–Crippen LogP) is 1.33. The van der Waals surface area contributed by atoms with Gasteiger partial charge in [-0.05, 0) is 18.6 Å². The lowest BCUT2D eigenvalue weighted by Gasteiger charge is -2.13. The maximum absolute atomic E-state index is 12.1. The van der Waals surface area contributed by atoms with Gasteiger partial charge in [-0.25, -0.2) is 0 Å². The van der Waals surface area contributed by atoms with Crippen LogP contribution in [0.1, 0.15) is 27.7 Å². The third-order valence-electron chi connectivity index (χ3n) is 3.20. The van der Waals surface area contributed by atoms with E-state index in [1.165, 1.54) is 4.68 Å². The lowest BCUT2D eigenvalue weighted by atomic mass is 9.99. The van der Waals surface area contributed by atoms with Crippen LogP contribution in [0.3, 0.4) is 0 Å². The second kappa shape index (κ2) is 6.21. The number of nitrogens with one attached hydrogen (secondary N) is 1. The van der Waals surface area contributed by atoms with Crippen LogP contribution in [-0.2, 0) is 11.8 Å². The molecule has 0 bridgehead atoms. The molecule has 1 heterocycles. The van der Waals surface area contributed by atoms with E-state index in [9.17, 15) is 14.7 Å². The summed E-state index contributed by atoms with van der Waals surface area (Å²) in [6.45, 7) is 1.82. The number of aliphatic carboxylic acids is 1. The standard InChI is InChI=1S/C15H17N3O3/c1-10-8-13(18(2)17-10)14(19)16-9-12(15(20)21)11-6-4-3-5-7-11/h3-8,12H,9H2,1-2H3,(H,16,19)(H,20,21). The molecule has 2 aromatic rings. The minimum Gasteiger partial charge on any atom is -0.481 e. The number of aryl methyl sites for hydroxylation is 2. The van der Waals surface area contributed by atoms with Crippen LogP contribution in [0.4, 0.5) is 0 Å². The smallest absolute Gasteiger partial charge is 0.312 e. The normalized spacial score (nSPS) is 11.9. The number of nitrogens with zero attached hydrogens (tertiary/aromatic N) is 2. The van der Waals surface area contributed by atoms with Crippen LogP contribution in [0.2, 0.25) is 0 Å². The van der Waals surface area contributed by atoms with E-state index in [0.717, 1.165) is 5.69 Å². The van der Waals surface area contributed by atoms with Gasteiger partial charge in [-0.1, -0.05) is 30.3 Å². The summed E-state index contributed by atoms with van der Waals surface area (Å²) in [4.78, 5) is 23.4. The van der Waals surface area contributed by atoms with Crippen molar-refractivity contribution in [2.24, 2.45) is 7.05 Å². The second-order valence-electron chi connectivity index (χ2n) is 4.81. The van der Waals surface area contributed by atoms with Crippen LogP contribution in [0.5, 0.6) is 0 Å². The second-order valence-corrected chi connectivity index (χ2v) is 4.81. The SMILES string of the molecule is Cc1cc(C(=O)NCC(C(=O)O)c2ccccc2)n(C)n1. The Hall–Kier alpha value is -2.63. The van der Waals surface area contributed by atoms with Gasteiger partial charge in [-0.15, -0.1) is 0 Å². The molecule has 1 aromatic heterocycles. The van der Waals surface area contributed by atoms with Crippen molar-refractivity contribution in [3.63, 3.8) is 0 Å². The topological polar surface area (TPSA) is 84.2 Å². The van der Waals surface area contributed by atoms with Crippen molar-refractivity contribution in [3.8, 4) is 0 Å². The maximum atomic E-state index is 12.1. The third-order valence-corrected chi connectivity index (χ3v) is 3.20. The van der Waals surface area contributed by atoms with Crippen molar-refractivity contribution in [2.45, 2.75) is 12.8 Å². The number of hydrogen-bond donors (Lipinski definition) is 2. The molecule has 0 radical (unpaired) electrons. The zero-order valence-corrected chi connectivity index (χ0v) is 11.9. The summed E-state index contributed by atoms with van der Waals surface area (Å²) < 4.78 is 1.48. The molecule has 0 spiro atoms. The number of hydrogen-bond acceptors (Lipinski definition) is 3. The van der Waals surface area contributed by atoms with E-state index in [-0.39, 0.29) is 12.5 Å². The van der Waals surface area contributed by atoms with Gasteiger partial charge < -0.3 is 10.4 Å². The summed E-state index contributed by atoms with van der Waals surface area (Å²) in [6, 6.07) is 10.5. The summed E-state index contributed by atoms with van der Waals surface area (Å²) in [5.41, 5.74) is 1.80. The highest BCUT2D eigenvalue weighted by Crippen LogP contribution is 2.15. The molecule has 2 rings (SSSR count). The monoisotopic (exact) mass is 287 g/mol. The molecule has 0 aliphatic carbocycles. The molecule has 0 saturated heterocycles. The lowest BCUT2D eigenvalue weighted by Crippen LogP contribution is -2.32. The molecule has 0 aliphatic rings. The Labute approximate surface area is 122 Å². The number of carboxylic acids is 1. The Kier molecular flexibility index (Phi) is 4.37. The minimum atomic E-state index is -0.970. The van der Waals surface area contributed by atoms with Gasteiger partial charge in [0, 0.05) is 13.6 Å². The van der Waals surface area contributed by atoms with Crippen LogP contribution < -0.4 is 5.32 Å². The third kappa shape index (κ3) is 3.47. The van der Waals surface area contributed by atoms with E-state index in [1.54, 1.807) is 44.3 Å². The first-order valence-corrected chi connectivity index (χ1v) is 6.55. The predicted molar refractivity (Wildman–Crippen MR) is 77.1 cm³/mol. The molecule has 6 heteroatoms. The Balaban J connectivity index is 2.08. The van der Waals surface area contributed by atoms with Crippen molar-refractivity contribution in [3.05, 3.63) is 53.3 Å². The highest BCUT2D eigenvalue weighted by atomic mass is 16.4. The summed E-state index contributed by atoms with van der Waals surface area (Å²) in [7, 11) is 1.67. The number of rotatable bonds is 5. The van der Waals surface area contributed by atoms with Crippen molar-refractivity contribution < 1.29 is 14.7 Å². The number of benzene rings is 1. The minimum absolute atomic E-state index is 0.0302. The molecule has 1 aromatic carbocycles. The molecule has 0 aliphatic heterocycles. The fourth-order valence-corrected chi connectivity index (χ4v) is 2.14. The fourth-order valence-electron chi connectivity index (χ4n) is 2.14. The first kappa shape index (κ1) is 14.8. The van der Waals surface area contributed by atoms with E-state index in [1.807, 2.05) is 6.07 Å². The highest BCUT2D eigenvalue weighted by molar-refractivity contribution is 5.93. The Morgan fingerprint density at radius 3 is 2.52 bits per heavy atom. The molecule has 1 unspecified atom stereocenters. The Bertz CT molecular complexity index is 649. The molecule has 1 amide bonds. The van der Waals surface area contributed by atoms with E-state index in [0.29, 0.717) is 11.3 Å². The van der Waals surface area contributed by atoms with Gasteiger partial charge in [0.2, 0.25) is 0 Å². The van der Waals surface area contributed by atoms with Gasteiger partial charge in [0.15, 0.2) is 0 Å². The van der Waals surface area contributed by atoms with Crippen molar-refractivity contribution in [1.82, 2.24) is 15.1 Å². The molecule has 21 heavy (non-hydrogen) atoms. The van der Waals surface area contributed by atoms with Gasteiger partial charge in [0.05, 0.1) is 11.6 Å². The summed E-state index contributed by atoms with van der Waals surface area (Å²) >= 11 is 0. The van der Waals surface area contributed by atoms with E-state index >= 15 is 0 Å². The number of aromatic nitrogens is 2. The fraction of sp³-hybridized carbons (Fsp3) is 0.267. The van der Waals surface area contributed by atoms with Crippen LogP contribution in [0.15, 0.2) is 36.4 Å². The van der Waals surface area contributed by atoms with Gasteiger partial charge in [0.1, 0.15) is 5.69 Å². The van der Waals surface area contributed by atoms with E-state index < -0.39 is 11.9 Å². The van der Waals surface area contributed by atoms with E-state index in [4.69, 9.17) is 0 Å². The van der Waals surface area contributed by atoms with Crippen LogP contribution >= 0.6 is 0 Å². The lowest BCUT2D eigenvalue weighted by molar-refractivity contribution is -0.138. The highest BCUT2D eigenvalue weighted by Gasteiger charge is 2.21. The van der Waals surface area contributed by atoms with E-state index in [2.05, 4.69) is 10.4 Å². The molecular formula is C15H17N3O3. The zero-order valence-electron chi connectivity index (χ0n) is 11.9. The van der Waals surface area contributed by atoms with Crippen LogP contribution in [-0.4, -0.2) is 33.3 Å². The summed E-state index contributed by atoms with van der Waals surface area (Å²) in [5, 5.41) is 16.0. The number of carbonyl (C=O) groups excluding carboxylic acids is 1. The quantitative estimate of drug-likeness (QED) is 0.869. The Morgan fingerprint density at radius 1 is 1.33 bits per heavy atom. The van der Waals surface area contributed by atoms with Gasteiger partial charge in [-0.3, -0.25) is 14.3 Å². The molecule has 110 valence electrons. The molecule has 1 atom stereocenters. The van der Waals surface area contributed by atoms with Gasteiger partial charge in [0.25, 0.3) is 5.91 Å². The maximum Gasteiger partial charge on any atom is 0.312 e. The average molecular weight is 287 g/mol. The molecule has 0 saturated carbocycles. The molecule has 0 fully saturated rings. The van der Waals surface area contributed by atoms with Crippen molar-refractivity contribution in [1.29, 1.82) is 0 Å². The number of carbonyl (C=O) groups is 2. The van der Waals surface area contributed by atoms with Crippen molar-refractivity contribution >= 4 is 11.9 Å². The molecular weight excluding hydrogens is 270 g/mol. The average Bonchev–Trinajstić information content (AvgIpc) is 2.78. The summed E-state index contributed by atoms with van der Waals surface area (Å²) in [6.07, 6.45) is 0. The largest absolute Gasteiger partial charge is 0.481 e. The van der Waals surface area contributed by atoms with Crippen LogP contribution in [0, 0.1) is 6.92 Å². The van der Waals surface area contributed by atoms with Gasteiger partial charge >= 0.3 is 5.97 Å².